The van der Waals surface area contributed by atoms with Crippen molar-refractivity contribution in [2.45, 2.75) is 40.2 Å². The van der Waals surface area contributed by atoms with Crippen molar-refractivity contribution in [3.8, 4) is 10.7 Å². The highest BCUT2D eigenvalue weighted by Crippen LogP contribution is 2.39. The molecule has 0 radical (unpaired) electrons. The van der Waals surface area contributed by atoms with Gasteiger partial charge < -0.3 is 9.84 Å². The van der Waals surface area contributed by atoms with E-state index in [1.807, 2.05) is 48.7 Å². The Kier molecular flexibility index (Phi) is 5.79. The number of nitrogens with one attached hydrogen (secondary N) is 1. The highest BCUT2D eigenvalue weighted by molar-refractivity contribution is 7.13. The smallest absolute Gasteiger partial charge is 0.326 e. The molecule has 6 nitrogen and oxygen atoms in total. The van der Waals surface area contributed by atoms with Gasteiger partial charge in [-0.25, -0.2) is 4.79 Å². The first kappa shape index (κ1) is 22.1. The van der Waals surface area contributed by atoms with Crippen LogP contribution < -0.4 is 10.2 Å². The van der Waals surface area contributed by atoms with Crippen molar-refractivity contribution in [3.05, 3.63) is 93.8 Å². The Balaban J connectivity index is 1.67. The summed E-state index contributed by atoms with van der Waals surface area (Å²) in [5.74, 6) is 0.946. The minimum atomic E-state index is -0.408. The Labute approximate surface area is 202 Å². The molecular formula is C27H26N4O2S. The number of amides is 2. The molecule has 1 atom stereocenters. The molecule has 0 aliphatic carbocycles. The first-order chi connectivity index (χ1) is 16.5. The lowest BCUT2D eigenvalue weighted by molar-refractivity contribution is 0.244. The van der Waals surface area contributed by atoms with Gasteiger partial charge in [0.25, 0.3) is 5.89 Å². The Morgan fingerprint density at radius 1 is 1.06 bits per heavy atom. The van der Waals surface area contributed by atoms with E-state index >= 15 is 0 Å². The number of hydrogen-bond donors (Lipinski definition) is 1. The summed E-state index contributed by atoms with van der Waals surface area (Å²) in [6, 6.07) is 17.6. The Morgan fingerprint density at radius 3 is 2.65 bits per heavy atom. The average Bonchev–Trinajstić information content (AvgIpc) is 3.53. The van der Waals surface area contributed by atoms with Crippen LogP contribution in [-0.4, -0.2) is 16.2 Å². The topological polar surface area (TPSA) is 71.3 Å². The first-order valence-corrected chi connectivity index (χ1v) is 12.2. The van der Waals surface area contributed by atoms with E-state index in [-0.39, 0.29) is 6.03 Å². The standard InChI is InChI=1S/C27H26N4O2S/c1-5-19-8-6-9-21(15-19)31-18(4)23(26-29-25(30-33-26)22-10-7-13-34-22)24(28-27(31)32)20-12-11-16(2)17(3)14-20/h6-15,24H,5H2,1-4H3,(H,28,32). The SMILES string of the molecule is CCc1cccc(N2C(=O)NC(c3ccc(C)c(C)c3)C(c3nc(-c4cccs4)no3)=C2C)c1. The number of hydrogen-bond acceptors (Lipinski definition) is 5. The van der Waals surface area contributed by atoms with Gasteiger partial charge in [-0.15, -0.1) is 11.3 Å². The minimum absolute atomic E-state index is 0.185. The molecule has 0 spiro atoms. The first-order valence-electron chi connectivity index (χ1n) is 11.3. The molecule has 0 saturated carbocycles. The van der Waals surface area contributed by atoms with Gasteiger partial charge in [-0.3, -0.25) is 4.90 Å². The van der Waals surface area contributed by atoms with Crippen molar-refractivity contribution in [2.75, 3.05) is 4.90 Å². The van der Waals surface area contributed by atoms with Crippen LogP contribution in [0.3, 0.4) is 0 Å². The van der Waals surface area contributed by atoms with E-state index in [9.17, 15) is 4.79 Å². The summed E-state index contributed by atoms with van der Waals surface area (Å²) in [4.78, 5) is 20.8. The quantitative estimate of drug-likeness (QED) is 0.353. The molecule has 34 heavy (non-hydrogen) atoms. The molecule has 5 rings (SSSR count). The predicted octanol–water partition coefficient (Wildman–Crippen LogP) is 6.68. The van der Waals surface area contributed by atoms with Gasteiger partial charge in [0.05, 0.1) is 22.2 Å². The van der Waals surface area contributed by atoms with Crippen molar-refractivity contribution in [2.24, 2.45) is 0 Å². The maximum absolute atomic E-state index is 13.4. The summed E-state index contributed by atoms with van der Waals surface area (Å²) in [5, 5.41) is 9.41. The number of benzene rings is 2. The van der Waals surface area contributed by atoms with Crippen molar-refractivity contribution < 1.29 is 9.32 Å². The molecule has 2 aromatic carbocycles. The molecule has 2 aromatic heterocycles. The molecule has 1 unspecified atom stereocenters. The number of aryl methyl sites for hydroxylation is 3. The molecule has 3 heterocycles. The van der Waals surface area contributed by atoms with Gasteiger partial charge in [0.1, 0.15) is 0 Å². The van der Waals surface area contributed by atoms with Crippen molar-refractivity contribution in [1.29, 1.82) is 0 Å². The van der Waals surface area contributed by atoms with E-state index in [0.717, 1.165) is 44.9 Å². The number of carbonyl (C=O) groups excluding carboxylic acids is 1. The van der Waals surface area contributed by atoms with Crippen LogP contribution in [0.2, 0.25) is 0 Å². The van der Waals surface area contributed by atoms with Crippen molar-refractivity contribution in [3.63, 3.8) is 0 Å². The zero-order valence-electron chi connectivity index (χ0n) is 19.6. The third-order valence-corrected chi connectivity index (χ3v) is 7.19. The largest absolute Gasteiger partial charge is 0.334 e. The third-order valence-electron chi connectivity index (χ3n) is 6.32. The van der Waals surface area contributed by atoms with E-state index in [0.29, 0.717) is 11.7 Å². The van der Waals surface area contributed by atoms with Gasteiger partial charge in [-0.2, -0.15) is 4.98 Å². The second-order valence-electron chi connectivity index (χ2n) is 8.48. The highest BCUT2D eigenvalue weighted by Gasteiger charge is 2.36. The van der Waals surface area contributed by atoms with E-state index in [1.165, 1.54) is 5.56 Å². The van der Waals surface area contributed by atoms with Crippen molar-refractivity contribution in [1.82, 2.24) is 15.5 Å². The second kappa shape index (κ2) is 8.91. The van der Waals surface area contributed by atoms with E-state index in [1.54, 1.807) is 16.2 Å². The number of allylic oxidation sites excluding steroid dienone is 1. The van der Waals surface area contributed by atoms with E-state index < -0.39 is 6.04 Å². The number of rotatable bonds is 5. The Hall–Kier alpha value is -3.71. The van der Waals surface area contributed by atoms with Gasteiger partial charge in [0.15, 0.2) is 0 Å². The van der Waals surface area contributed by atoms with E-state index in [4.69, 9.17) is 9.51 Å². The number of nitrogens with zero attached hydrogens (tertiary/aromatic N) is 3. The molecule has 0 fully saturated rings. The van der Waals surface area contributed by atoms with Crippen LogP contribution in [0.4, 0.5) is 10.5 Å². The number of urea groups is 1. The molecular weight excluding hydrogens is 444 g/mol. The van der Waals surface area contributed by atoms with Crippen LogP contribution in [0.5, 0.6) is 0 Å². The van der Waals surface area contributed by atoms with Crippen LogP contribution in [-0.2, 0) is 6.42 Å². The molecule has 1 aliphatic heterocycles. The number of carbonyl (C=O) groups is 1. The van der Waals surface area contributed by atoms with Gasteiger partial charge in [-0.05, 0) is 73.0 Å². The molecule has 2 amide bonds. The monoisotopic (exact) mass is 470 g/mol. The molecule has 4 aromatic rings. The lowest BCUT2D eigenvalue weighted by Crippen LogP contribution is -2.46. The minimum Gasteiger partial charge on any atom is -0.334 e. The summed E-state index contributed by atoms with van der Waals surface area (Å²) >= 11 is 1.56. The van der Waals surface area contributed by atoms with Gasteiger partial charge in [0, 0.05) is 5.70 Å². The second-order valence-corrected chi connectivity index (χ2v) is 9.43. The fourth-order valence-electron chi connectivity index (χ4n) is 4.28. The summed E-state index contributed by atoms with van der Waals surface area (Å²) < 4.78 is 5.78. The summed E-state index contributed by atoms with van der Waals surface area (Å²) in [7, 11) is 0. The highest BCUT2D eigenvalue weighted by atomic mass is 32.1. The number of thiophene rings is 1. The van der Waals surface area contributed by atoms with Crippen LogP contribution in [0, 0.1) is 13.8 Å². The molecule has 1 aliphatic rings. The van der Waals surface area contributed by atoms with Crippen LogP contribution in [0.1, 0.15) is 48.0 Å². The fraction of sp³-hybridized carbons (Fsp3) is 0.222. The fourth-order valence-corrected chi connectivity index (χ4v) is 4.93. The summed E-state index contributed by atoms with van der Waals surface area (Å²) in [6.07, 6.45) is 0.887. The molecule has 7 heteroatoms. The Morgan fingerprint density at radius 2 is 1.91 bits per heavy atom. The Bertz CT molecular complexity index is 1390. The number of aromatic nitrogens is 2. The average molecular weight is 471 g/mol. The summed E-state index contributed by atoms with van der Waals surface area (Å²) in [6.45, 7) is 8.19. The zero-order valence-corrected chi connectivity index (χ0v) is 20.4. The third kappa shape index (κ3) is 3.92. The lowest BCUT2D eigenvalue weighted by Gasteiger charge is -2.35. The molecule has 0 saturated heterocycles. The van der Waals surface area contributed by atoms with Crippen LogP contribution in [0.25, 0.3) is 16.3 Å². The van der Waals surface area contributed by atoms with Crippen LogP contribution >= 0.6 is 11.3 Å². The zero-order chi connectivity index (χ0) is 23.8. The summed E-state index contributed by atoms with van der Waals surface area (Å²) in [5.41, 5.74) is 6.86. The van der Waals surface area contributed by atoms with Crippen molar-refractivity contribution >= 4 is 28.6 Å². The molecule has 0 bridgehead atoms. The molecule has 172 valence electrons. The van der Waals surface area contributed by atoms with E-state index in [2.05, 4.69) is 49.4 Å². The molecule has 1 N–H and O–H groups in total. The lowest BCUT2D eigenvalue weighted by atomic mass is 9.92. The maximum atomic E-state index is 13.4. The van der Waals surface area contributed by atoms with Gasteiger partial charge in [-0.1, -0.05) is 48.5 Å². The number of anilines is 1. The van der Waals surface area contributed by atoms with Crippen LogP contribution in [0.15, 0.2) is 70.2 Å². The van der Waals surface area contributed by atoms with Gasteiger partial charge in [0.2, 0.25) is 5.82 Å². The maximum Gasteiger partial charge on any atom is 0.326 e. The normalized spacial score (nSPS) is 16.2. The van der Waals surface area contributed by atoms with Gasteiger partial charge >= 0.3 is 6.03 Å². The predicted molar refractivity (Wildman–Crippen MR) is 136 cm³/mol.